The molecule has 1 aromatic rings. The lowest BCUT2D eigenvalue weighted by Gasteiger charge is -2.25. The Labute approximate surface area is 139 Å². The van der Waals surface area contributed by atoms with E-state index >= 15 is 0 Å². The average Bonchev–Trinajstić information content (AvgIpc) is 2.88. The lowest BCUT2D eigenvalue weighted by atomic mass is 10.0. The quantitative estimate of drug-likeness (QED) is 0.866. The van der Waals surface area contributed by atoms with E-state index in [0.29, 0.717) is 18.0 Å². The third kappa shape index (κ3) is 3.31. The van der Waals surface area contributed by atoms with Crippen molar-refractivity contribution < 1.29 is 16.8 Å². The highest BCUT2D eigenvalue weighted by atomic mass is 32.2. The largest absolute Gasteiger partial charge is 0.243 e. The predicted molar refractivity (Wildman–Crippen MR) is 89.2 cm³/mol. The van der Waals surface area contributed by atoms with Crippen molar-refractivity contribution in [1.29, 1.82) is 0 Å². The molecule has 1 saturated heterocycles. The Balaban J connectivity index is 2.44. The molecule has 1 heterocycles. The Morgan fingerprint density at radius 1 is 1.26 bits per heavy atom. The molecule has 0 amide bonds. The van der Waals surface area contributed by atoms with Gasteiger partial charge in [-0.3, -0.25) is 0 Å². The second kappa shape index (κ2) is 6.51. The molecule has 2 atom stereocenters. The molecule has 1 aromatic carbocycles. The molecule has 0 aliphatic carbocycles. The normalized spacial score (nSPS) is 23.3. The molecule has 0 spiro atoms. The molecule has 1 aliphatic rings. The molecule has 0 bridgehead atoms. The van der Waals surface area contributed by atoms with Crippen LogP contribution in [0.4, 0.5) is 0 Å². The van der Waals surface area contributed by atoms with Gasteiger partial charge < -0.3 is 0 Å². The molecule has 1 fully saturated rings. The van der Waals surface area contributed by atoms with Gasteiger partial charge in [0.1, 0.15) is 0 Å². The van der Waals surface area contributed by atoms with Gasteiger partial charge in [0.2, 0.25) is 20.0 Å². The topological polar surface area (TPSA) is 83.6 Å². The third-order valence-electron chi connectivity index (χ3n) is 4.56. The van der Waals surface area contributed by atoms with Gasteiger partial charge >= 0.3 is 0 Å². The van der Waals surface area contributed by atoms with Crippen LogP contribution in [0.25, 0.3) is 0 Å². The standard InChI is InChI=1S/C15H24N2O4S2/c1-5-14-11(2)8-9-17(14)23(20,21)13-6-7-15(12(3)10-13)22(18,19)16-4/h6-7,10-11,14,16H,5,8-9H2,1-4H3. The summed E-state index contributed by atoms with van der Waals surface area (Å²) in [6.07, 6.45) is 1.62. The molecule has 1 aliphatic heterocycles. The first-order chi connectivity index (χ1) is 10.6. The molecule has 6 nitrogen and oxygen atoms in total. The van der Waals surface area contributed by atoms with E-state index in [1.165, 1.54) is 25.2 Å². The molecular weight excluding hydrogens is 336 g/mol. The minimum atomic E-state index is -3.61. The van der Waals surface area contributed by atoms with E-state index in [2.05, 4.69) is 11.6 Å². The van der Waals surface area contributed by atoms with Crippen LogP contribution in [0.3, 0.4) is 0 Å². The zero-order valence-corrected chi connectivity index (χ0v) is 15.5. The minimum absolute atomic E-state index is 0.000948. The van der Waals surface area contributed by atoms with Gasteiger partial charge in [-0.1, -0.05) is 13.8 Å². The fourth-order valence-electron chi connectivity index (χ4n) is 3.21. The van der Waals surface area contributed by atoms with Crippen molar-refractivity contribution in [3.63, 3.8) is 0 Å². The van der Waals surface area contributed by atoms with Crippen molar-refractivity contribution in [2.24, 2.45) is 5.92 Å². The maximum Gasteiger partial charge on any atom is 0.243 e. The van der Waals surface area contributed by atoms with Crippen molar-refractivity contribution >= 4 is 20.0 Å². The van der Waals surface area contributed by atoms with Crippen molar-refractivity contribution in [3.8, 4) is 0 Å². The molecule has 8 heteroatoms. The number of aryl methyl sites for hydroxylation is 1. The zero-order valence-electron chi connectivity index (χ0n) is 13.9. The van der Waals surface area contributed by atoms with Crippen molar-refractivity contribution in [2.45, 2.75) is 49.4 Å². The average molecular weight is 361 g/mol. The first-order valence-corrected chi connectivity index (χ1v) is 10.6. The van der Waals surface area contributed by atoms with Crippen LogP contribution in [0.15, 0.2) is 28.0 Å². The minimum Gasteiger partial charge on any atom is -0.214 e. The highest BCUT2D eigenvalue weighted by Crippen LogP contribution is 2.32. The number of hydrogen-bond donors (Lipinski definition) is 1. The summed E-state index contributed by atoms with van der Waals surface area (Å²) in [7, 11) is -5.87. The summed E-state index contributed by atoms with van der Waals surface area (Å²) in [5.74, 6) is 0.333. The first kappa shape index (κ1) is 18.4. The van der Waals surface area contributed by atoms with Crippen LogP contribution in [0.5, 0.6) is 0 Å². The van der Waals surface area contributed by atoms with Crippen LogP contribution >= 0.6 is 0 Å². The summed E-state index contributed by atoms with van der Waals surface area (Å²) in [5, 5.41) is 0. The number of benzene rings is 1. The number of nitrogens with zero attached hydrogens (tertiary/aromatic N) is 1. The molecule has 0 aromatic heterocycles. The van der Waals surface area contributed by atoms with Gasteiger partial charge in [0.25, 0.3) is 0 Å². The second-order valence-electron chi connectivity index (χ2n) is 5.99. The SMILES string of the molecule is CCC1C(C)CCN1S(=O)(=O)c1ccc(S(=O)(=O)NC)c(C)c1. The Morgan fingerprint density at radius 2 is 1.91 bits per heavy atom. The fraction of sp³-hybridized carbons (Fsp3) is 0.600. The van der Waals surface area contributed by atoms with E-state index in [4.69, 9.17) is 0 Å². The summed E-state index contributed by atoms with van der Waals surface area (Å²) in [6.45, 7) is 6.17. The maximum absolute atomic E-state index is 12.9. The van der Waals surface area contributed by atoms with Crippen LogP contribution in [0.1, 0.15) is 32.3 Å². The van der Waals surface area contributed by atoms with Gasteiger partial charge in [0.15, 0.2) is 0 Å². The third-order valence-corrected chi connectivity index (χ3v) is 8.06. The van der Waals surface area contributed by atoms with Crippen LogP contribution in [-0.4, -0.2) is 40.8 Å². The Hall–Kier alpha value is -0.960. The van der Waals surface area contributed by atoms with Gasteiger partial charge in [-0.2, -0.15) is 4.31 Å². The summed E-state index contributed by atoms with van der Waals surface area (Å²) in [4.78, 5) is 0.249. The summed E-state index contributed by atoms with van der Waals surface area (Å²) >= 11 is 0. The predicted octanol–water partition coefficient (Wildman–Crippen LogP) is 1.71. The van der Waals surface area contributed by atoms with E-state index in [1.807, 2.05) is 6.92 Å². The molecule has 2 rings (SSSR count). The van der Waals surface area contributed by atoms with Crippen molar-refractivity contribution in [2.75, 3.05) is 13.6 Å². The number of sulfonamides is 2. The Morgan fingerprint density at radius 3 is 2.43 bits per heavy atom. The number of rotatable bonds is 5. The lowest BCUT2D eigenvalue weighted by molar-refractivity contribution is 0.339. The van der Waals surface area contributed by atoms with E-state index in [9.17, 15) is 16.8 Å². The zero-order chi connectivity index (χ0) is 17.4. The highest BCUT2D eigenvalue weighted by molar-refractivity contribution is 7.89. The van der Waals surface area contributed by atoms with E-state index < -0.39 is 20.0 Å². The van der Waals surface area contributed by atoms with Crippen molar-refractivity contribution in [1.82, 2.24) is 9.03 Å². The molecule has 130 valence electrons. The van der Waals surface area contributed by atoms with Gasteiger partial charge in [-0.15, -0.1) is 0 Å². The molecule has 2 unspecified atom stereocenters. The Bertz CT molecular complexity index is 788. The van der Waals surface area contributed by atoms with E-state index in [0.717, 1.165) is 12.8 Å². The molecule has 0 radical (unpaired) electrons. The van der Waals surface area contributed by atoms with Crippen LogP contribution in [0.2, 0.25) is 0 Å². The summed E-state index contributed by atoms with van der Waals surface area (Å²) in [6, 6.07) is 4.17. The van der Waals surface area contributed by atoms with Gasteiger partial charge in [0, 0.05) is 12.6 Å². The number of nitrogens with one attached hydrogen (secondary N) is 1. The van der Waals surface area contributed by atoms with Crippen LogP contribution < -0.4 is 4.72 Å². The molecular formula is C15H24N2O4S2. The second-order valence-corrected chi connectivity index (χ2v) is 9.74. The van der Waals surface area contributed by atoms with E-state index in [-0.39, 0.29) is 15.8 Å². The van der Waals surface area contributed by atoms with Crippen LogP contribution in [0, 0.1) is 12.8 Å². The maximum atomic E-state index is 12.9. The van der Waals surface area contributed by atoms with Crippen molar-refractivity contribution in [3.05, 3.63) is 23.8 Å². The smallest absolute Gasteiger partial charge is 0.214 e. The first-order valence-electron chi connectivity index (χ1n) is 7.71. The molecule has 0 saturated carbocycles. The molecule has 23 heavy (non-hydrogen) atoms. The van der Waals surface area contributed by atoms with Gasteiger partial charge in [0.05, 0.1) is 9.79 Å². The summed E-state index contributed by atoms with van der Waals surface area (Å²) < 4.78 is 53.4. The van der Waals surface area contributed by atoms with Crippen LogP contribution in [-0.2, 0) is 20.0 Å². The number of hydrogen-bond acceptors (Lipinski definition) is 4. The Kier molecular flexibility index (Phi) is 5.20. The molecule has 1 N–H and O–H groups in total. The highest BCUT2D eigenvalue weighted by Gasteiger charge is 2.38. The van der Waals surface area contributed by atoms with Gasteiger partial charge in [-0.05, 0) is 56.5 Å². The van der Waals surface area contributed by atoms with E-state index in [1.54, 1.807) is 11.2 Å². The fourth-order valence-corrected chi connectivity index (χ4v) is 6.05. The van der Waals surface area contributed by atoms with Gasteiger partial charge in [-0.25, -0.2) is 21.6 Å². The monoisotopic (exact) mass is 360 g/mol. The lowest BCUT2D eigenvalue weighted by Crippen LogP contribution is -2.37. The summed E-state index contributed by atoms with van der Waals surface area (Å²) in [5.41, 5.74) is 0.417.